The third kappa shape index (κ3) is 3.15. The Morgan fingerprint density at radius 3 is 2.66 bits per heavy atom. The van der Waals surface area contributed by atoms with E-state index in [-0.39, 0.29) is 17.6 Å². The van der Waals surface area contributed by atoms with Crippen LogP contribution < -0.4 is 9.64 Å². The Labute approximate surface area is 189 Å². The van der Waals surface area contributed by atoms with Crippen molar-refractivity contribution in [1.29, 1.82) is 0 Å². The molecule has 1 saturated heterocycles. The van der Waals surface area contributed by atoms with Gasteiger partial charge in [0.15, 0.2) is 4.87 Å². The number of anilines is 1. The number of methoxy groups -OCH3 is 1. The Balaban J connectivity index is 1.55. The fourth-order valence-electron chi connectivity index (χ4n) is 4.41. The lowest BCUT2D eigenvalue weighted by atomic mass is 10.0. The van der Waals surface area contributed by atoms with E-state index in [1.807, 2.05) is 24.3 Å². The number of nitrogens with zero attached hydrogens (tertiary/aromatic N) is 2. The Morgan fingerprint density at radius 1 is 1.09 bits per heavy atom. The van der Waals surface area contributed by atoms with Crippen LogP contribution >= 0.6 is 11.8 Å². The van der Waals surface area contributed by atoms with Crippen LogP contribution in [0.15, 0.2) is 72.8 Å². The zero-order chi connectivity index (χ0) is 22.3. The molecule has 3 aromatic rings. The summed E-state index contributed by atoms with van der Waals surface area (Å²) in [5.41, 5.74) is 2.89. The second kappa shape index (κ2) is 7.98. The first-order valence-corrected chi connectivity index (χ1v) is 11.3. The molecule has 0 saturated carbocycles. The third-order valence-corrected chi connectivity index (χ3v) is 7.34. The molecule has 2 amide bonds. The van der Waals surface area contributed by atoms with Gasteiger partial charge in [0.25, 0.3) is 11.8 Å². The fraction of sp³-hybridized carbons (Fsp3) is 0.200. The molecule has 0 aromatic heterocycles. The van der Waals surface area contributed by atoms with Crippen molar-refractivity contribution in [1.82, 2.24) is 4.90 Å². The van der Waals surface area contributed by atoms with Gasteiger partial charge in [-0.25, -0.2) is 4.39 Å². The SMILES string of the molecule is COc1cccc(C(=O)N2CCS[C@]23C(=O)N(Cc2ccc(F)cc2)c2ccccc23)c1. The van der Waals surface area contributed by atoms with Crippen molar-refractivity contribution in [3.8, 4) is 5.75 Å². The first kappa shape index (κ1) is 20.6. The summed E-state index contributed by atoms with van der Waals surface area (Å²) in [6.07, 6.45) is 0. The van der Waals surface area contributed by atoms with Crippen LogP contribution in [0.3, 0.4) is 0 Å². The molecule has 7 heteroatoms. The summed E-state index contributed by atoms with van der Waals surface area (Å²) in [6.45, 7) is 0.769. The summed E-state index contributed by atoms with van der Waals surface area (Å²) >= 11 is 1.48. The van der Waals surface area contributed by atoms with Crippen LogP contribution in [0.2, 0.25) is 0 Å². The topological polar surface area (TPSA) is 49.9 Å². The summed E-state index contributed by atoms with van der Waals surface area (Å²) in [6, 6.07) is 20.7. The molecule has 1 spiro atoms. The lowest BCUT2D eigenvalue weighted by molar-refractivity contribution is -0.123. The Kier molecular flexibility index (Phi) is 5.13. The van der Waals surface area contributed by atoms with Gasteiger partial charge in [0.05, 0.1) is 19.3 Å². The predicted octanol–water partition coefficient (Wildman–Crippen LogP) is 4.42. The Morgan fingerprint density at radius 2 is 1.88 bits per heavy atom. The number of para-hydroxylation sites is 1. The summed E-state index contributed by atoms with van der Waals surface area (Å²) < 4.78 is 18.7. The van der Waals surface area contributed by atoms with E-state index in [0.29, 0.717) is 30.2 Å². The van der Waals surface area contributed by atoms with Crippen LogP contribution in [0, 0.1) is 5.82 Å². The smallest absolute Gasteiger partial charge is 0.268 e. The zero-order valence-corrected chi connectivity index (χ0v) is 18.3. The standard InChI is InChI=1S/C25H21FN2O3S/c1-31-20-6-4-5-18(15-20)23(29)28-13-14-32-25(28)21-7-2-3-8-22(21)27(24(25)30)16-17-9-11-19(26)12-10-17/h2-12,15H,13-14,16H2,1H3/t25-/m1/s1. The molecule has 1 fully saturated rings. The number of halogens is 1. The first-order chi connectivity index (χ1) is 15.5. The van der Waals surface area contributed by atoms with Gasteiger partial charge in [-0.1, -0.05) is 36.4 Å². The van der Waals surface area contributed by atoms with Crippen molar-refractivity contribution in [3.63, 3.8) is 0 Å². The van der Waals surface area contributed by atoms with Gasteiger partial charge >= 0.3 is 0 Å². The van der Waals surface area contributed by atoms with Crippen LogP contribution in [0.1, 0.15) is 21.5 Å². The van der Waals surface area contributed by atoms with E-state index in [9.17, 15) is 14.0 Å². The number of fused-ring (bicyclic) bond motifs is 2. The van der Waals surface area contributed by atoms with Gasteiger partial charge in [-0.15, -0.1) is 11.8 Å². The van der Waals surface area contributed by atoms with Crippen molar-refractivity contribution in [2.75, 3.05) is 24.3 Å². The highest BCUT2D eigenvalue weighted by Gasteiger charge is 2.59. The normalized spacial score (nSPS) is 19.5. The summed E-state index contributed by atoms with van der Waals surface area (Å²) in [4.78, 5) is 29.8. The minimum atomic E-state index is -1.11. The van der Waals surface area contributed by atoms with E-state index in [1.54, 1.807) is 53.3 Å². The number of thioether (sulfide) groups is 1. The lowest BCUT2D eigenvalue weighted by Gasteiger charge is -2.33. The molecule has 5 nitrogen and oxygen atoms in total. The molecule has 5 rings (SSSR count). The highest BCUT2D eigenvalue weighted by molar-refractivity contribution is 8.01. The van der Waals surface area contributed by atoms with Gasteiger partial charge < -0.3 is 14.5 Å². The van der Waals surface area contributed by atoms with Crippen molar-refractivity contribution in [3.05, 3.63) is 95.3 Å². The van der Waals surface area contributed by atoms with Gasteiger partial charge in [-0.05, 0) is 42.0 Å². The average Bonchev–Trinajstić information content (AvgIpc) is 3.37. The Hall–Kier alpha value is -3.32. The van der Waals surface area contributed by atoms with Gasteiger partial charge in [-0.3, -0.25) is 9.59 Å². The number of benzene rings is 3. The molecular weight excluding hydrogens is 427 g/mol. The van der Waals surface area contributed by atoms with Gasteiger partial charge in [0, 0.05) is 23.4 Å². The molecule has 0 unspecified atom stereocenters. The maximum absolute atomic E-state index is 13.9. The van der Waals surface area contributed by atoms with Gasteiger partial charge in [0.1, 0.15) is 11.6 Å². The van der Waals surface area contributed by atoms with E-state index >= 15 is 0 Å². The number of carbonyl (C=O) groups is 2. The number of amides is 2. The predicted molar refractivity (Wildman–Crippen MR) is 122 cm³/mol. The molecule has 2 aliphatic heterocycles. The number of ether oxygens (including phenoxy) is 1. The second-order valence-corrected chi connectivity index (χ2v) is 9.00. The van der Waals surface area contributed by atoms with Crippen LogP contribution in [-0.2, 0) is 16.2 Å². The second-order valence-electron chi connectivity index (χ2n) is 7.72. The molecule has 2 heterocycles. The number of hydrogen-bond donors (Lipinski definition) is 0. The van der Waals surface area contributed by atoms with E-state index in [1.165, 1.54) is 23.9 Å². The van der Waals surface area contributed by atoms with E-state index in [4.69, 9.17) is 4.74 Å². The molecule has 0 radical (unpaired) electrons. The summed E-state index contributed by atoms with van der Waals surface area (Å²) in [5, 5.41) is 0. The quantitative estimate of drug-likeness (QED) is 0.593. The average molecular weight is 449 g/mol. The monoisotopic (exact) mass is 448 g/mol. The molecule has 32 heavy (non-hydrogen) atoms. The van der Waals surface area contributed by atoms with Crippen LogP contribution in [0.5, 0.6) is 5.75 Å². The Bertz CT molecular complexity index is 1200. The van der Waals surface area contributed by atoms with Gasteiger partial charge in [-0.2, -0.15) is 0 Å². The van der Waals surface area contributed by atoms with Crippen molar-refractivity contribution in [2.45, 2.75) is 11.4 Å². The molecule has 0 N–H and O–H groups in total. The largest absolute Gasteiger partial charge is 0.497 e. The number of carbonyl (C=O) groups excluding carboxylic acids is 2. The van der Waals surface area contributed by atoms with Crippen LogP contribution in [0.25, 0.3) is 0 Å². The highest BCUT2D eigenvalue weighted by Crippen LogP contribution is 2.54. The fourth-order valence-corrected chi connectivity index (χ4v) is 5.87. The minimum absolute atomic E-state index is 0.151. The van der Waals surface area contributed by atoms with Crippen molar-refractivity contribution >= 4 is 29.3 Å². The maximum Gasteiger partial charge on any atom is 0.268 e. The molecule has 1 atom stereocenters. The van der Waals surface area contributed by atoms with Crippen molar-refractivity contribution in [2.24, 2.45) is 0 Å². The highest BCUT2D eigenvalue weighted by atomic mass is 32.2. The number of rotatable bonds is 4. The molecule has 162 valence electrons. The minimum Gasteiger partial charge on any atom is -0.497 e. The summed E-state index contributed by atoms with van der Waals surface area (Å²) in [5.74, 6) is 0.565. The third-order valence-electron chi connectivity index (χ3n) is 5.92. The maximum atomic E-state index is 13.9. The first-order valence-electron chi connectivity index (χ1n) is 10.3. The van der Waals surface area contributed by atoms with Crippen LogP contribution in [0.4, 0.5) is 10.1 Å². The van der Waals surface area contributed by atoms with E-state index in [0.717, 1.165) is 16.8 Å². The van der Waals surface area contributed by atoms with Gasteiger partial charge in [0.2, 0.25) is 0 Å². The molecule has 2 aliphatic rings. The molecule has 0 aliphatic carbocycles. The van der Waals surface area contributed by atoms with Crippen LogP contribution in [-0.4, -0.2) is 36.1 Å². The zero-order valence-electron chi connectivity index (χ0n) is 17.5. The van der Waals surface area contributed by atoms with E-state index < -0.39 is 4.87 Å². The number of hydrogen-bond acceptors (Lipinski definition) is 4. The summed E-state index contributed by atoms with van der Waals surface area (Å²) in [7, 11) is 1.56. The van der Waals surface area contributed by atoms with Crippen molar-refractivity contribution < 1.29 is 18.7 Å². The molecule has 0 bridgehead atoms. The molecular formula is C25H21FN2O3S. The lowest BCUT2D eigenvalue weighted by Crippen LogP contribution is -2.50. The molecule has 3 aromatic carbocycles. The van der Waals surface area contributed by atoms with E-state index in [2.05, 4.69) is 0 Å².